The fourth-order valence-electron chi connectivity index (χ4n) is 3.59. The smallest absolute Gasteiger partial charge is 0.254 e. The predicted molar refractivity (Wildman–Crippen MR) is 95.7 cm³/mol. The van der Waals surface area contributed by atoms with E-state index in [1.807, 2.05) is 24.3 Å². The van der Waals surface area contributed by atoms with E-state index in [1.165, 1.54) is 11.3 Å². The first-order valence-corrected chi connectivity index (χ1v) is 8.76. The number of anilines is 1. The highest BCUT2D eigenvalue weighted by Gasteiger charge is 2.48. The number of rotatable bonds is 5. The van der Waals surface area contributed by atoms with Crippen molar-refractivity contribution in [2.75, 3.05) is 25.0 Å². The molecule has 0 radical (unpaired) electrons. The average Bonchev–Trinajstić information content (AvgIpc) is 2.60. The van der Waals surface area contributed by atoms with Crippen LogP contribution in [0.25, 0.3) is 0 Å². The second kappa shape index (κ2) is 6.67. The van der Waals surface area contributed by atoms with Gasteiger partial charge in [0.1, 0.15) is 0 Å². The molecule has 1 fully saturated rings. The van der Waals surface area contributed by atoms with Crippen LogP contribution in [0, 0.1) is 0 Å². The molecular formula is C20H26F2N2. The summed E-state index contributed by atoms with van der Waals surface area (Å²) in [5, 5.41) is 3.41. The number of alkyl halides is 2. The molecule has 24 heavy (non-hydrogen) atoms. The molecule has 1 N–H and O–H groups in total. The van der Waals surface area contributed by atoms with Crippen LogP contribution in [0.15, 0.2) is 47.7 Å². The van der Waals surface area contributed by atoms with Gasteiger partial charge in [-0.15, -0.1) is 0 Å². The maximum Gasteiger partial charge on any atom is 0.254 e. The lowest BCUT2D eigenvalue weighted by Crippen LogP contribution is -2.36. The zero-order valence-electron chi connectivity index (χ0n) is 14.5. The van der Waals surface area contributed by atoms with E-state index in [-0.39, 0.29) is 6.42 Å². The van der Waals surface area contributed by atoms with Gasteiger partial charge in [0.25, 0.3) is 5.92 Å². The van der Waals surface area contributed by atoms with Crippen LogP contribution < -0.4 is 10.2 Å². The zero-order chi connectivity index (χ0) is 17.3. The van der Waals surface area contributed by atoms with Crippen LogP contribution >= 0.6 is 0 Å². The van der Waals surface area contributed by atoms with Crippen LogP contribution in [0.4, 0.5) is 14.5 Å². The molecule has 0 bridgehead atoms. The van der Waals surface area contributed by atoms with E-state index in [4.69, 9.17) is 0 Å². The Morgan fingerprint density at radius 2 is 2.04 bits per heavy atom. The summed E-state index contributed by atoms with van der Waals surface area (Å²) in [6, 6.07) is 7.65. The van der Waals surface area contributed by atoms with Crippen molar-refractivity contribution in [3.05, 3.63) is 53.3 Å². The van der Waals surface area contributed by atoms with Crippen LogP contribution in [0.5, 0.6) is 0 Å². The van der Waals surface area contributed by atoms with Gasteiger partial charge in [0.2, 0.25) is 0 Å². The third-order valence-electron chi connectivity index (χ3n) is 5.41. The number of nitrogens with one attached hydrogen (secondary N) is 1. The molecule has 1 heterocycles. The minimum atomic E-state index is -2.53. The molecule has 1 aliphatic heterocycles. The summed E-state index contributed by atoms with van der Waals surface area (Å²) in [5.41, 5.74) is 5.51. The van der Waals surface area contributed by atoms with Crippen molar-refractivity contribution >= 4 is 5.69 Å². The number of hydrogen-bond donors (Lipinski definition) is 1. The molecule has 130 valence electrons. The summed E-state index contributed by atoms with van der Waals surface area (Å²) in [7, 11) is 2.05. The van der Waals surface area contributed by atoms with Gasteiger partial charge < -0.3 is 10.2 Å². The van der Waals surface area contributed by atoms with Crippen LogP contribution in [0.2, 0.25) is 0 Å². The molecule has 1 unspecified atom stereocenters. The number of benzene rings is 1. The zero-order valence-corrected chi connectivity index (χ0v) is 14.5. The van der Waals surface area contributed by atoms with E-state index in [1.54, 1.807) is 0 Å². The summed E-state index contributed by atoms with van der Waals surface area (Å²) in [6.07, 6.45) is 2.48. The molecule has 2 aliphatic rings. The van der Waals surface area contributed by atoms with Gasteiger partial charge in [-0.25, -0.2) is 8.78 Å². The number of hydrogen-bond acceptors (Lipinski definition) is 2. The van der Waals surface area contributed by atoms with Crippen molar-refractivity contribution in [1.82, 2.24) is 5.32 Å². The Morgan fingerprint density at radius 3 is 2.58 bits per heavy atom. The van der Waals surface area contributed by atoms with Crippen molar-refractivity contribution in [2.45, 2.75) is 44.4 Å². The normalized spacial score (nSPS) is 22.9. The van der Waals surface area contributed by atoms with E-state index in [9.17, 15) is 8.78 Å². The fourth-order valence-corrected chi connectivity index (χ4v) is 3.59. The Morgan fingerprint density at radius 1 is 1.33 bits per heavy atom. The first kappa shape index (κ1) is 17.2. The molecule has 2 nitrogen and oxygen atoms in total. The van der Waals surface area contributed by atoms with Gasteiger partial charge in [-0.3, -0.25) is 0 Å². The van der Waals surface area contributed by atoms with E-state index in [0.717, 1.165) is 42.8 Å². The van der Waals surface area contributed by atoms with Crippen LogP contribution in [0.1, 0.15) is 44.1 Å². The van der Waals surface area contributed by atoms with Gasteiger partial charge in [-0.2, -0.15) is 0 Å². The predicted octanol–water partition coefficient (Wildman–Crippen LogP) is 4.85. The Kier molecular flexibility index (Phi) is 4.77. The molecule has 0 aromatic heterocycles. The number of halogens is 2. The monoisotopic (exact) mass is 332 g/mol. The Hall–Kier alpha value is -1.68. The minimum absolute atomic E-state index is 0.0156. The highest BCUT2D eigenvalue weighted by Crippen LogP contribution is 2.50. The van der Waals surface area contributed by atoms with Gasteiger partial charge in [0.15, 0.2) is 0 Å². The van der Waals surface area contributed by atoms with Crippen molar-refractivity contribution in [3.8, 4) is 0 Å². The van der Waals surface area contributed by atoms with Gasteiger partial charge in [0.05, 0.1) is 0 Å². The highest BCUT2D eigenvalue weighted by atomic mass is 19.3. The summed E-state index contributed by atoms with van der Waals surface area (Å²) in [5.74, 6) is -3.14. The van der Waals surface area contributed by atoms with E-state index in [2.05, 4.69) is 30.8 Å². The lowest BCUT2D eigenvalue weighted by molar-refractivity contribution is -0.0962. The SMILES string of the molecule is C=C(CC)C1=C(N(C)c2ccc(C3CCC3(F)F)cc2)CCNC1. The fraction of sp³-hybridized carbons (Fsp3) is 0.500. The maximum absolute atomic E-state index is 13.6. The molecule has 3 rings (SSSR count). The van der Waals surface area contributed by atoms with Gasteiger partial charge in [-0.05, 0) is 41.7 Å². The molecule has 1 atom stereocenters. The van der Waals surface area contributed by atoms with Gasteiger partial charge in [0, 0.05) is 50.3 Å². The lowest BCUT2D eigenvalue weighted by atomic mass is 9.76. The Balaban J connectivity index is 1.83. The van der Waals surface area contributed by atoms with Crippen molar-refractivity contribution < 1.29 is 8.78 Å². The highest BCUT2D eigenvalue weighted by molar-refractivity contribution is 5.56. The topological polar surface area (TPSA) is 15.3 Å². The first-order chi connectivity index (χ1) is 11.4. The Labute approximate surface area is 143 Å². The molecule has 1 aromatic rings. The molecule has 1 aliphatic carbocycles. The molecule has 0 spiro atoms. The molecule has 4 heteroatoms. The van der Waals surface area contributed by atoms with E-state index >= 15 is 0 Å². The Bertz CT molecular complexity index is 646. The van der Waals surface area contributed by atoms with Crippen LogP contribution in [0.3, 0.4) is 0 Å². The average molecular weight is 332 g/mol. The largest absolute Gasteiger partial charge is 0.348 e. The molecule has 1 saturated carbocycles. The van der Waals surface area contributed by atoms with E-state index in [0.29, 0.717) is 6.42 Å². The third kappa shape index (κ3) is 3.12. The summed E-state index contributed by atoms with van der Waals surface area (Å²) in [4.78, 5) is 2.18. The van der Waals surface area contributed by atoms with Gasteiger partial charge >= 0.3 is 0 Å². The van der Waals surface area contributed by atoms with Crippen LogP contribution in [-0.2, 0) is 0 Å². The second-order valence-electron chi connectivity index (χ2n) is 6.81. The van der Waals surface area contributed by atoms with Crippen LogP contribution in [-0.4, -0.2) is 26.1 Å². The summed E-state index contributed by atoms with van der Waals surface area (Å²) in [6.45, 7) is 8.10. The molecule has 1 aromatic carbocycles. The van der Waals surface area contributed by atoms with Crippen molar-refractivity contribution in [2.24, 2.45) is 0 Å². The quantitative estimate of drug-likeness (QED) is 0.829. The first-order valence-electron chi connectivity index (χ1n) is 8.76. The molecule has 0 saturated heterocycles. The second-order valence-corrected chi connectivity index (χ2v) is 6.81. The van der Waals surface area contributed by atoms with Gasteiger partial charge in [-0.1, -0.05) is 25.6 Å². The standard InChI is InChI=1S/C20H26F2N2/c1-4-14(2)17-13-23-12-10-19(17)24(3)16-7-5-15(6-8-16)18-9-11-20(18,21)22/h5-8,18,23H,2,4,9-13H2,1,3H3. The van der Waals surface area contributed by atoms with E-state index < -0.39 is 11.8 Å². The lowest BCUT2D eigenvalue weighted by Gasteiger charge is -2.37. The van der Waals surface area contributed by atoms with Crippen molar-refractivity contribution in [3.63, 3.8) is 0 Å². The minimum Gasteiger partial charge on any atom is -0.348 e. The third-order valence-corrected chi connectivity index (χ3v) is 5.41. The molecular weight excluding hydrogens is 306 g/mol. The maximum atomic E-state index is 13.6. The summed E-state index contributed by atoms with van der Waals surface area (Å²) < 4.78 is 27.2. The van der Waals surface area contributed by atoms with Crippen molar-refractivity contribution in [1.29, 1.82) is 0 Å². The summed E-state index contributed by atoms with van der Waals surface area (Å²) >= 11 is 0. The molecule has 0 amide bonds. The number of nitrogens with zero attached hydrogens (tertiary/aromatic N) is 1.